The number of hydrogen-bond donors (Lipinski definition) is 1. The highest BCUT2D eigenvalue weighted by Gasteiger charge is 2.23. The second-order valence-corrected chi connectivity index (χ2v) is 4.69. The summed E-state index contributed by atoms with van der Waals surface area (Å²) in [4.78, 5) is 4.29. The van der Waals surface area contributed by atoms with Gasteiger partial charge in [0.25, 0.3) is 0 Å². The third-order valence-electron chi connectivity index (χ3n) is 3.04. The van der Waals surface area contributed by atoms with Gasteiger partial charge in [0.05, 0.1) is 33.2 Å². The van der Waals surface area contributed by atoms with E-state index in [0.29, 0.717) is 33.4 Å². The maximum absolute atomic E-state index is 6.19. The zero-order valence-electron chi connectivity index (χ0n) is 11.7. The molecule has 20 heavy (non-hydrogen) atoms. The molecule has 0 aromatic carbocycles. The first kappa shape index (κ1) is 14.8. The molecule has 2 rings (SSSR count). The molecule has 0 atom stereocenters. The Kier molecular flexibility index (Phi) is 4.27. The number of hydrogen-bond acceptors (Lipinski definition) is 6. The highest BCUT2D eigenvalue weighted by molar-refractivity contribution is 6.31. The molecule has 0 aliphatic rings. The first-order valence-corrected chi connectivity index (χ1v) is 6.31. The van der Waals surface area contributed by atoms with E-state index in [1.807, 2.05) is 6.92 Å². The van der Waals surface area contributed by atoms with E-state index in [0.717, 1.165) is 5.56 Å². The minimum absolute atomic E-state index is 0.381. The van der Waals surface area contributed by atoms with Crippen molar-refractivity contribution in [1.82, 2.24) is 10.1 Å². The molecule has 2 heterocycles. The number of nitrogen functional groups attached to an aromatic ring is 1. The van der Waals surface area contributed by atoms with Crippen molar-refractivity contribution < 1.29 is 14.0 Å². The van der Waals surface area contributed by atoms with Crippen molar-refractivity contribution in [2.24, 2.45) is 0 Å². The fraction of sp³-hybridized carbons (Fsp3) is 0.385. The van der Waals surface area contributed by atoms with Gasteiger partial charge < -0.3 is 19.7 Å². The van der Waals surface area contributed by atoms with Crippen LogP contribution in [0.25, 0.3) is 11.3 Å². The molecule has 7 heteroatoms. The van der Waals surface area contributed by atoms with Crippen LogP contribution in [0.5, 0.6) is 0 Å². The van der Waals surface area contributed by atoms with E-state index in [1.54, 1.807) is 6.92 Å². The van der Waals surface area contributed by atoms with E-state index in [1.165, 1.54) is 20.4 Å². The number of anilines is 1. The molecule has 0 amide bonds. The predicted octanol–water partition coefficient (Wildman–Crippen LogP) is 2.88. The van der Waals surface area contributed by atoms with Gasteiger partial charge in [0.1, 0.15) is 5.76 Å². The summed E-state index contributed by atoms with van der Waals surface area (Å²) in [6, 6.07) is 0. The molecule has 0 spiro atoms. The Hall–Kier alpha value is -1.63. The summed E-state index contributed by atoms with van der Waals surface area (Å²) in [6.45, 7) is 3.63. The van der Waals surface area contributed by atoms with Crippen LogP contribution in [0.2, 0.25) is 5.02 Å². The Balaban J connectivity index is 2.66. The van der Waals surface area contributed by atoms with Gasteiger partial charge >= 0.3 is 0 Å². The number of halogens is 1. The van der Waals surface area contributed by atoms with Crippen LogP contribution in [0.15, 0.2) is 10.7 Å². The summed E-state index contributed by atoms with van der Waals surface area (Å²) < 4.78 is 15.6. The van der Waals surface area contributed by atoms with E-state index < -0.39 is 6.29 Å². The molecule has 0 saturated carbocycles. The topological polar surface area (TPSA) is 83.4 Å². The highest BCUT2D eigenvalue weighted by atomic mass is 35.5. The molecule has 0 aliphatic heterocycles. The van der Waals surface area contributed by atoms with Gasteiger partial charge in [-0.2, -0.15) is 0 Å². The lowest BCUT2D eigenvalue weighted by Gasteiger charge is -2.18. The molecule has 6 nitrogen and oxygen atoms in total. The van der Waals surface area contributed by atoms with Gasteiger partial charge in [-0.3, -0.25) is 4.98 Å². The second-order valence-electron chi connectivity index (χ2n) is 4.28. The summed E-state index contributed by atoms with van der Waals surface area (Å²) in [6.07, 6.45) is 0.851. The second kappa shape index (κ2) is 5.78. The molecule has 2 N–H and O–H groups in total. The van der Waals surface area contributed by atoms with Crippen molar-refractivity contribution in [2.75, 3.05) is 20.0 Å². The third-order valence-corrected chi connectivity index (χ3v) is 3.34. The average Bonchev–Trinajstić information content (AvgIpc) is 2.75. The molecule has 2 aromatic rings. The first-order chi connectivity index (χ1) is 9.51. The number of pyridine rings is 1. The lowest BCUT2D eigenvalue weighted by atomic mass is 10.0. The van der Waals surface area contributed by atoms with Gasteiger partial charge in [0.15, 0.2) is 6.29 Å². The molecule has 2 aromatic heterocycles. The maximum Gasteiger partial charge on any atom is 0.186 e. The van der Waals surface area contributed by atoms with Crippen LogP contribution in [0, 0.1) is 13.8 Å². The Morgan fingerprint density at radius 2 is 1.95 bits per heavy atom. The molecular weight excluding hydrogens is 282 g/mol. The molecule has 0 radical (unpaired) electrons. The van der Waals surface area contributed by atoms with Crippen LogP contribution in [-0.4, -0.2) is 24.4 Å². The maximum atomic E-state index is 6.19. The zero-order valence-corrected chi connectivity index (χ0v) is 12.5. The molecule has 0 unspecified atom stereocenters. The van der Waals surface area contributed by atoms with E-state index in [4.69, 9.17) is 31.3 Å². The summed E-state index contributed by atoms with van der Waals surface area (Å²) in [7, 11) is 3.03. The largest absolute Gasteiger partial charge is 0.397 e. The van der Waals surface area contributed by atoms with Crippen LogP contribution in [0.3, 0.4) is 0 Å². The summed E-state index contributed by atoms with van der Waals surface area (Å²) >= 11 is 6.15. The predicted molar refractivity (Wildman–Crippen MR) is 75.4 cm³/mol. The van der Waals surface area contributed by atoms with E-state index in [-0.39, 0.29) is 0 Å². The normalized spacial score (nSPS) is 11.3. The SMILES string of the molecule is COC(OC)c1c(Cl)cnc(-c2c(C)noc2C)c1N. The molecular formula is C13H16ClN3O3. The summed E-state index contributed by atoms with van der Waals surface area (Å²) in [5, 5.41) is 4.29. The van der Waals surface area contributed by atoms with Crippen molar-refractivity contribution in [3.05, 3.63) is 28.2 Å². The number of aryl methyl sites for hydroxylation is 2. The molecule has 0 aliphatic carbocycles. The van der Waals surface area contributed by atoms with Gasteiger partial charge in [-0.25, -0.2) is 0 Å². The monoisotopic (exact) mass is 297 g/mol. The number of methoxy groups -OCH3 is 2. The standard InChI is InChI=1S/C13H16ClN3O3/c1-6-9(7(2)20-17-6)12-11(15)10(8(14)5-16-12)13(18-3)19-4/h5,13H,15H2,1-4H3. The van der Waals surface area contributed by atoms with Crippen LogP contribution < -0.4 is 5.73 Å². The van der Waals surface area contributed by atoms with Crippen molar-refractivity contribution in [3.63, 3.8) is 0 Å². The van der Waals surface area contributed by atoms with Crippen LogP contribution in [-0.2, 0) is 9.47 Å². The summed E-state index contributed by atoms with van der Waals surface area (Å²) in [5.74, 6) is 0.640. The van der Waals surface area contributed by atoms with Crippen molar-refractivity contribution in [2.45, 2.75) is 20.1 Å². The first-order valence-electron chi connectivity index (χ1n) is 5.94. The van der Waals surface area contributed by atoms with Crippen LogP contribution in [0.4, 0.5) is 5.69 Å². The Labute approximate surface area is 121 Å². The van der Waals surface area contributed by atoms with Crippen molar-refractivity contribution >= 4 is 17.3 Å². The minimum Gasteiger partial charge on any atom is -0.397 e. The van der Waals surface area contributed by atoms with Gasteiger partial charge in [-0.15, -0.1) is 0 Å². The highest BCUT2D eigenvalue weighted by Crippen LogP contribution is 2.38. The number of aromatic nitrogens is 2. The fourth-order valence-corrected chi connectivity index (χ4v) is 2.35. The third kappa shape index (κ3) is 2.37. The molecule has 0 saturated heterocycles. The van der Waals surface area contributed by atoms with Gasteiger partial charge in [-0.1, -0.05) is 16.8 Å². The van der Waals surface area contributed by atoms with Crippen molar-refractivity contribution in [3.8, 4) is 11.3 Å². The Bertz CT molecular complexity index is 604. The van der Waals surface area contributed by atoms with Gasteiger partial charge in [-0.05, 0) is 13.8 Å². The lowest BCUT2D eigenvalue weighted by molar-refractivity contribution is -0.105. The number of rotatable bonds is 4. The van der Waals surface area contributed by atoms with E-state index >= 15 is 0 Å². The van der Waals surface area contributed by atoms with E-state index in [2.05, 4.69) is 10.1 Å². The zero-order chi connectivity index (χ0) is 14.9. The number of nitrogens with two attached hydrogens (primary N) is 1. The average molecular weight is 298 g/mol. The fourth-order valence-electron chi connectivity index (χ4n) is 2.11. The summed E-state index contributed by atoms with van der Waals surface area (Å²) in [5.41, 5.74) is 9.14. The Morgan fingerprint density at radius 1 is 1.30 bits per heavy atom. The molecule has 0 fully saturated rings. The lowest BCUT2D eigenvalue weighted by Crippen LogP contribution is -2.10. The number of nitrogens with zero attached hydrogens (tertiary/aromatic N) is 2. The molecule has 108 valence electrons. The van der Waals surface area contributed by atoms with Crippen molar-refractivity contribution in [1.29, 1.82) is 0 Å². The van der Waals surface area contributed by atoms with Crippen LogP contribution in [0.1, 0.15) is 23.3 Å². The quantitative estimate of drug-likeness (QED) is 0.874. The van der Waals surface area contributed by atoms with E-state index in [9.17, 15) is 0 Å². The Morgan fingerprint density at radius 3 is 2.45 bits per heavy atom. The van der Waals surface area contributed by atoms with Gasteiger partial charge in [0, 0.05) is 20.4 Å². The molecule has 0 bridgehead atoms. The smallest absolute Gasteiger partial charge is 0.186 e. The number of ether oxygens (including phenoxy) is 2. The van der Waals surface area contributed by atoms with Crippen LogP contribution >= 0.6 is 11.6 Å². The van der Waals surface area contributed by atoms with Gasteiger partial charge in [0.2, 0.25) is 0 Å². The minimum atomic E-state index is -0.662.